The number of hydrogen-bond acceptors (Lipinski definition) is 7. The summed E-state index contributed by atoms with van der Waals surface area (Å²) in [6, 6.07) is 15.8. The Morgan fingerprint density at radius 3 is 2.26 bits per heavy atom. The van der Waals surface area contributed by atoms with Gasteiger partial charge in [0.2, 0.25) is 0 Å². The van der Waals surface area contributed by atoms with Gasteiger partial charge in [0.15, 0.2) is 5.60 Å². The number of aliphatic hydroxyl groups is 1. The van der Waals surface area contributed by atoms with Crippen molar-refractivity contribution in [3.8, 4) is 11.5 Å². The highest BCUT2D eigenvalue weighted by molar-refractivity contribution is 7.87. The molecule has 3 N–H and O–H groups in total. The molecular formula is C27H30O7S. The smallest absolute Gasteiger partial charge is 0.298 e. The Morgan fingerprint density at radius 2 is 1.60 bits per heavy atom. The van der Waals surface area contributed by atoms with E-state index in [1.807, 2.05) is 6.92 Å². The van der Waals surface area contributed by atoms with Crippen LogP contribution in [0.1, 0.15) is 60.9 Å². The number of aromatic hydroxyl groups is 2. The van der Waals surface area contributed by atoms with Crippen molar-refractivity contribution in [1.29, 1.82) is 0 Å². The summed E-state index contributed by atoms with van der Waals surface area (Å²) in [5.74, 6) is -0.0797. The van der Waals surface area contributed by atoms with Crippen LogP contribution in [0.4, 0.5) is 0 Å². The molecule has 1 heterocycles. The fourth-order valence-corrected chi connectivity index (χ4v) is 5.89. The number of unbranched alkanes of at least 4 members (excludes halogenated alkanes) is 1. The van der Waals surface area contributed by atoms with Gasteiger partial charge in [-0.15, -0.1) is 0 Å². The van der Waals surface area contributed by atoms with Crippen molar-refractivity contribution in [2.75, 3.05) is 0 Å². The molecule has 3 aromatic carbocycles. The first-order valence-electron chi connectivity index (χ1n) is 11.6. The Hall–Kier alpha value is -2.91. The molecular weight excluding hydrogens is 468 g/mol. The zero-order valence-corrected chi connectivity index (χ0v) is 20.6. The fraction of sp³-hybridized carbons (Fsp3) is 0.333. The Kier molecular flexibility index (Phi) is 7.19. The maximum absolute atomic E-state index is 13.1. The number of fused-ring (bicyclic) bond motifs is 1. The topological polar surface area (TPSA) is 113 Å². The summed E-state index contributed by atoms with van der Waals surface area (Å²) < 4.78 is 38.0. The molecule has 0 saturated heterocycles. The van der Waals surface area contributed by atoms with Crippen molar-refractivity contribution in [3.63, 3.8) is 0 Å². The van der Waals surface area contributed by atoms with Crippen LogP contribution in [0, 0.1) is 0 Å². The minimum Gasteiger partial charge on any atom is -0.508 e. The summed E-state index contributed by atoms with van der Waals surface area (Å²) in [5, 5.41) is 30.4. The summed E-state index contributed by atoms with van der Waals surface area (Å²) >= 11 is 0. The third-order valence-corrected chi connectivity index (χ3v) is 7.76. The Labute approximate surface area is 205 Å². The molecule has 0 amide bonds. The second-order valence-corrected chi connectivity index (χ2v) is 10.3. The van der Waals surface area contributed by atoms with Crippen molar-refractivity contribution in [2.24, 2.45) is 0 Å². The molecule has 0 radical (unpaired) electrons. The van der Waals surface area contributed by atoms with Crippen LogP contribution in [0.15, 0.2) is 65.6 Å². The zero-order valence-electron chi connectivity index (χ0n) is 19.8. The molecule has 1 aliphatic rings. The lowest BCUT2D eigenvalue weighted by Gasteiger charge is -2.30. The highest BCUT2D eigenvalue weighted by atomic mass is 32.2. The van der Waals surface area contributed by atoms with Gasteiger partial charge < -0.3 is 20.1 Å². The Morgan fingerprint density at radius 1 is 0.971 bits per heavy atom. The van der Waals surface area contributed by atoms with Crippen molar-refractivity contribution in [3.05, 3.63) is 88.5 Å². The van der Waals surface area contributed by atoms with E-state index in [1.165, 1.54) is 24.3 Å². The standard InChI is InChI=1S/C27H30O7S/c1-3-4-7-18(2)33-17-20-15-22(11-13-25(20)30)27(21-10-12-24(29)19(14-21)16-28)23-8-5-6-9-26(23)35(31,32)34-27/h5-6,8-15,18,28-30H,3-4,7,16-17H2,1-2H3/t18-,27?/m1/s1. The fourth-order valence-electron chi connectivity index (χ4n) is 4.46. The van der Waals surface area contributed by atoms with Crippen LogP contribution in [0.3, 0.4) is 0 Å². The summed E-state index contributed by atoms with van der Waals surface area (Å²) in [6.07, 6.45) is 2.99. The van der Waals surface area contributed by atoms with Gasteiger partial charge >= 0.3 is 0 Å². The maximum atomic E-state index is 13.1. The summed E-state index contributed by atoms with van der Waals surface area (Å²) in [5.41, 5.74) is 0.447. The first-order chi connectivity index (χ1) is 16.7. The minimum absolute atomic E-state index is 0.0000107. The molecule has 7 nitrogen and oxygen atoms in total. The van der Waals surface area contributed by atoms with Crippen LogP contribution in [0.25, 0.3) is 0 Å². The van der Waals surface area contributed by atoms with Gasteiger partial charge in [0.05, 0.1) is 19.3 Å². The molecule has 2 atom stereocenters. The van der Waals surface area contributed by atoms with E-state index in [9.17, 15) is 23.7 Å². The van der Waals surface area contributed by atoms with Crippen LogP contribution >= 0.6 is 0 Å². The van der Waals surface area contributed by atoms with Gasteiger partial charge in [-0.1, -0.05) is 50.1 Å². The first-order valence-corrected chi connectivity index (χ1v) is 13.1. The summed E-state index contributed by atoms with van der Waals surface area (Å²) in [7, 11) is -4.12. The maximum Gasteiger partial charge on any atom is 0.298 e. The Balaban J connectivity index is 1.87. The minimum atomic E-state index is -4.12. The van der Waals surface area contributed by atoms with Gasteiger partial charge in [-0.3, -0.25) is 0 Å². The van der Waals surface area contributed by atoms with Gasteiger partial charge in [-0.05, 0) is 54.8 Å². The second kappa shape index (κ2) is 9.99. The number of aliphatic hydroxyl groups excluding tert-OH is 1. The highest BCUT2D eigenvalue weighted by Gasteiger charge is 2.51. The van der Waals surface area contributed by atoms with E-state index in [-0.39, 0.29) is 34.7 Å². The quantitative estimate of drug-likeness (QED) is 0.367. The molecule has 0 saturated carbocycles. The zero-order chi connectivity index (χ0) is 25.2. The monoisotopic (exact) mass is 498 g/mol. The molecule has 1 aliphatic heterocycles. The lowest BCUT2D eigenvalue weighted by atomic mass is 9.79. The number of hydrogen-bond donors (Lipinski definition) is 3. The van der Waals surface area contributed by atoms with Gasteiger partial charge in [0, 0.05) is 16.7 Å². The summed E-state index contributed by atoms with van der Waals surface area (Å²) in [4.78, 5) is 0.0395. The van der Waals surface area contributed by atoms with E-state index in [2.05, 4.69) is 6.92 Å². The molecule has 186 valence electrons. The van der Waals surface area contributed by atoms with Gasteiger partial charge in [0.1, 0.15) is 16.4 Å². The van der Waals surface area contributed by atoms with Crippen molar-refractivity contribution in [1.82, 2.24) is 0 Å². The number of benzene rings is 3. The number of ether oxygens (including phenoxy) is 1. The van der Waals surface area contributed by atoms with Crippen LogP contribution in [-0.4, -0.2) is 29.8 Å². The van der Waals surface area contributed by atoms with Crippen LogP contribution in [0.2, 0.25) is 0 Å². The average molecular weight is 499 g/mol. The van der Waals surface area contributed by atoms with E-state index >= 15 is 0 Å². The number of rotatable bonds is 9. The summed E-state index contributed by atoms with van der Waals surface area (Å²) in [6.45, 7) is 3.80. The molecule has 8 heteroatoms. The Bertz CT molecular complexity index is 1320. The predicted octanol–water partition coefficient (Wildman–Crippen LogP) is 4.70. The van der Waals surface area contributed by atoms with Crippen molar-refractivity contribution in [2.45, 2.75) is 62.9 Å². The van der Waals surface area contributed by atoms with Crippen molar-refractivity contribution >= 4 is 10.1 Å². The third-order valence-electron chi connectivity index (χ3n) is 6.40. The molecule has 3 aromatic rings. The second-order valence-electron chi connectivity index (χ2n) is 8.82. The van der Waals surface area contributed by atoms with E-state index in [0.29, 0.717) is 22.3 Å². The van der Waals surface area contributed by atoms with Crippen LogP contribution in [0.5, 0.6) is 11.5 Å². The van der Waals surface area contributed by atoms with Gasteiger partial charge in [-0.25, -0.2) is 4.18 Å². The SMILES string of the molecule is CCCC[C@@H](C)OCc1cc(C2(c3ccc(O)c(CO)c3)OS(=O)(=O)c3ccccc32)ccc1O. The van der Waals surface area contributed by atoms with Crippen molar-refractivity contribution < 1.29 is 32.7 Å². The predicted molar refractivity (Wildman–Crippen MR) is 131 cm³/mol. The lowest BCUT2D eigenvalue weighted by Crippen LogP contribution is -2.30. The molecule has 0 spiro atoms. The van der Waals surface area contributed by atoms with E-state index in [1.54, 1.807) is 36.4 Å². The molecule has 35 heavy (non-hydrogen) atoms. The number of phenolic OH excluding ortho intramolecular Hbond substituents is 1. The first kappa shape index (κ1) is 25.2. The highest BCUT2D eigenvalue weighted by Crippen LogP contribution is 2.51. The van der Waals surface area contributed by atoms with E-state index in [0.717, 1.165) is 19.3 Å². The van der Waals surface area contributed by atoms with Crippen LogP contribution in [-0.2, 0) is 37.9 Å². The molecule has 4 rings (SSSR count). The molecule has 0 aromatic heterocycles. The molecule has 0 fully saturated rings. The van der Waals surface area contributed by atoms with Crippen LogP contribution < -0.4 is 0 Å². The van der Waals surface area contributed by atoms with Gasteiger partial charge in [0.25, 0.3) is 10.1 Å². The lowest BCUT2D eigenvalue weighted by molar-refractivity contribution is 0.0450. The molecule has 0 bridgehead atoms. The normalized spacial score (nSPS) is 19.4. The van der Waals surface area contributed by atoms with E-state index < -0.39 is 22.3 Å². The largest absolute Gasteiger partial charge is 0.508 e. The third kappa shape index (κ3) is 4.67. The molecule has 0 aliphatic carbocycles. The molecule has 1 unspecified atom stereocenters. The number of phenols is 2. The average Bonchev–Trinajstić information content (AvgIpc) is 3.10. The van der Waals surface area contributed by atoms with E-state index in [4.69, 9.17) is 8.92 Å². The van der Waals surface area contributed by atoms with Gasteiger partial charge in [-0.2, -0.15) is 8.42 Å².